The van der Waals surface area contributed by atoms with Crippen LogP contribution >= 0.6 is 11.6 Å². The summed E-state index contributed by atoms with van der Waals surface area (Å²) in [7, 11) is 0. The molecule has 1 N–H and O–H groups in total. The summed E-state index contributed by atoms with van der Waals surface area (Å²) in [5.41, 5.74) is 1.84. The zero-order valence-electron chi connectivity index (χ0n) is 13.5. The number of benzene rings is 1. The largest absolute Gasteiger partial charge is 0.307 e. The molecule has 2 aromatic heterocycles. The highest BCUT2D eigenvalue weighted by Crippen LogP contribution is 2.17. The van der Waals surface area contributed by atoms with E-state index in [4.69, 9.17) is 11.6 Å². The molecule has 0 saturated carbocycles. The van der Waals surface area contributed by atoms with Gasteiger partial charge in [-0.05, 0) is 19.4 Å². The minimum absolute atomic E-state index is 0.195. The molecular formula is C17H18ClN5O. The molecule has 6 nitrogen and oxygen atoms in total. The zero-order valence-corrected chi connectivity index (χ0v) is 14.2. The van der Waals surface area contributed by atoms with E-state index >= 15 is 0 Å². The second kappa shape index (κ2) is 6.88. The van der Waals surface area contributed by atoms with Gasteiger partial charge >= 0.3 is 0 Å². The molecule has 3 rings (SSSR count). The van der Waals surface area contributed by atoms with Crippen molar-refractivity contribution in [2.45, 2.75) is 26.4 Å². The van der Waals surface area contributed by atoms with Crippen molar-refractivity contribution in [2.24, 2.45) is 0 Å². The van der Waals surface area contributed by atoms with Crippen molar-refractivity contribution in [2.75, 3.05) is 5.32 Å². The number of carbonyl (C=O) groups is 1. The maximum atomic E-state index is 12.3. The molecule has 0 radical (unpaired) electrons. The molecule has 7 heteroatoms. The van der Waals surface area contributed by atoms with E-state index in [1.54, 1.807) is 35.5 Å². The van der Waals surface area contributed by atoms with Crippen molar-refractivity contribution in [1.29, 1.82) is 0 Å². The monoisotopic (exact) mass is 343 g/mol. The van der Waals surface area contributed by atoms with Crippen LogP contribution in [-0.2, 0) is 11.3 Å². The van der Waals surface area contributed by atoms with Crippen LogP contribution in [0.3, 0.4) is 0 Å². The molecule has 0 saturated heterocycles. The van der Waals surface area contributed by atoms with Crippen LogP contribution in [0.5, 0.6) is 0 Å². The number of hydrogen-bond donors (Lipinski definition) is 1. The fraction of sp³-hybridized carbons (Fsp3) is 0.235. The van der Waals surface area contributed by atoms with Gasteiger partial charge in [-0.1, -0.05) is 41.9 Å². The van der Waals surface area contributed by atoms with E-state index < -0.39 is 6.04 Å². The summed E-state index contributed by atoms with van der Waals surface area (Å²) in [5, 5.41) is 11.9. The maximum Gasteiger partial charge on any atom is 0.250 e. The number of rotatable bonds is 5. The first-order chi connectivity index (χ1) is 11.5. The molecule has 1 aromatic carbocycles. The number of nitrogens with one attached hydrogen (secondary N) is 1. The minimum atomic E-state index is -0.476. The Morgan fingerprint density at radius 2 is 2.00 bits per heavy atom. The van der Waals surface area contributed by atoms with Crippen molar-refractivity contribution >= 4 is 23.3 Å². The van der Waals surface area contributed by atoms with Crippen molar-refractivity contribution < 1.29 is 4.79 Å². The highest BCUT2D eigenvalue weighted by Gasteiger charge is 2.18. The molecule has 1 amide bonds. The van der Waals surface area contributed by atoms with Gasteiger partial charge in [0.1, 0.15) is 6.04 Å². The van der Waals surface area contributed by atoms with Crippen LogP contribution in [0.1, 0.15) is 24.2 Å². The Morgan fingerprint density at radius 3 is 2.67 bits per heavy atom. The summed E-state index contributed by atoms with van der Waals surface area (Å²) < 4.78 is 3.33. The number of hydrogen-bond acceptors (Lipinski definition) is 3. The molecule has 0 fully saturated rings. The molecule has 0 aliphatic carbocycles. The van der Waals surface area contributed by atoms with Crippen molar-refractivity contribution in [1.82, 2.24) is 19.6 Å². The first-order valence-corrected chi connectivity index (χ1v) is 8.00. The van der Waals surface area contributed by atoms with Gasteiger partial charge in [-0.2, -0.15) is 10.2 Å². The minimum Gasteiger partial charge on any atom is -0.307 e. The van der Waals surface area contributed by atoms with Crippen molar-refractivity contribution in [3.63, 3.8) is 0 Å². The maximum absolute atomic E-state index is 12.3. The van der Waals surface area contributed by atoms with Crippen LogP contribution in [0.25, 0.3) is 0 Å². The van der Waals surface area contributed by atoms with Gasteiger partial charge in [0.25, 0.3) is 0 Å². The Balaban J connectivity index is 1.64. The van der Waals surface area contributed by atoms with Crippen LogP contribution in [0, 0.1) is 6.92 Å². The van der Waals surface area contributed by atoms with Gasteiger partial charge in [0.2, 0.25) is 5.91 Å². The van der Waals surface area contributed by atoms with Crippen LogP contribution < -0.4 is 5.32 Å². The van der Waals surface area contributed by atoms with Gasteiger partial charge in [0.05, 0.1) is 17.3 Å². The molecule has 0 spiro atoms. The fourth-order valence-corrected chi connectivity index (χ4v) is 2.43. The lowest BCUT2D eigenvalue weighted by Gasteiger charge is -2.11. The summed E-state index contributed by atoms with van der Waals surface area (Å²) in [6.45, 7) is 4.22. The van der Waals surface area contributed by atoms with Crippen molar-refractivity contribution in [3.05, 3.63) is 65.1 Å². The molecule has 24 heavy (non-hydrogen) atoms. The van der Waals surface area contributed by atoms with E-state index in [0.717, 1.165) is 5.56 Å². The third-order valence-electron chi connectivity index (χ3n) is 3.71. The normalized spacial score (nSPS) is 12.1. The Hall–Kier alpha value is -2.60. The van der Waals surface area contributed by atoms with E-state index in [-0.39, 0.29) is 5.91 Å². The standard InChI is InChI=1S/C17H18ClN5O/c1-12-15(18)11-23(20-12)13(2)17(24)19-16-8-9-22(21-16)10-14-6-4-3-5-7-14/h3-9,11,13H,10H2,1-2H3,(H,19,21,24). The van der Waals surface area contributed by atoms with E-state index in [9.17, 15) is 4.79 Å². The lowest BCUT2D eigenvalue weighted by atomic mass is 10.2. The van der Waals surface area contributed by atoms with Crippen LogP contribution in [0.15, 0.2) is 48.8 Å². The van der Waals surface area contributed by atoms with Gasteiger partial charge in [-0.25, -0.2) is 0 Å². The van der Waals surface area contributed by atoms with Crippen LogP contribution in [0.4, 0.5) is 5.82 Å². The van der Waals surface area contributed by atoms with Gasteiger partial charge in [0.15, 0.2) is 5.82 Å². The third-order valence-corrected chi connectivity index (χ3v) is 4.08. The van der Waals surface area contributed by atoms with E-state index in [1.165, 1.54) is 0 Å². The van der Waals surface area contributed by atoms with E-state index in [1.807, 2.05) is 36.5 Å². The summed E-state index contributed by atoms with van der Waals surface area (Å²) in [4.78, 5) is 12.3. The van der Waals surface area contributed by atoms with Gasteiger partial charge in [-0.3, -0.25) is 14.2 Å². The molecule has 0 aliphatic rings. The van der Waals surface area contributed by atoms with E-state index in [2.05, 4.69) is 15.5 Å². The SMILES string of the molecule is Cc1nn(C(C)C(=O)Nc2ccn(Cc3ccccc3)n2)cc1Cl. The number of aromatic nitrogens is 4. The predicted molar refractivity (Wildman–Crippen MR) is 93.1 cm³/mol. The Kier molecular flexibility index (Phi) is 4.66. The second-order valence-electron chi connectivity index (χ2n) is 5.59. The third kappa shape index (κ3) is 3.65. The number of aryl methyl sites for hydroxylation is 1. The van der Waals surface area contributed by atoms with Gasteiger partial charge in [0, 0.05) is 18.5 Å². The van der Waals surface area contributed by atoms with Gasteiger partial charge < -0.3 is 5.32 Å². The first-order valence-electron chi connectivity index (χ1n) is 7.62. The number of nitrogens with zero attached hydrogens (tertiary/aromatic N) is 4. The van der Waals surface area contributed by atoms with E-state index in [0.29, 0.717) is 23.1 Å². The average molecular weight is 344 g/mol. The summed E-state index contributed by atoms with van der Waals surface area (Å²) >= 11 is 5.99. The molecule has 2 heterocycles. The van der Waals surface area contributed by atoms with Gasteiger partial charge in [-0.15, -0.1) is 0 Å². The van der Waals surface area contributed by atoms with Crippen molar-refractivity contribution in [3.8, 4) is 0 Å². The predicted octanol–water partition coefficient (Wildman–Crippen LogP) is 3.29. The Morgan fingerprint density at radius 1 is 1.25 bits per heavy atom. The summed E-state index contributed by atoms with van der Waals surface area (Å²) in [5.74, 6) is 0.317. The fourth-order valence-electron chi connectivity index (χ4n) is 2.30. The summed E-state index contributed by atoms with van der Waals surface area (Å²) in [6, 6.07) is 11.3. The summed E-state index contributed by atoms with van der Waals surface area (Å²) in [6.07, 6.45) is 3.48. The first kappa shape index (κ1) is 16.3. The Bertz CT molecular complexity index is 820. The Labute approximate surface area is 145 Å². The van der Waals surface area contributed by atoms with Crippen LogP contribution in [0.2, 0.25) is 5.02 Å². The average Bonchev–Trinajstić information content (AvgIpc) is 3.14. The number of anilines is 1. The molecule has 1 unspecified atom stereocenters. The zero-order chi connectivity index (χ0) is 17.1. The number of halogens is 1. The number of carbonyl (C=O) groups excluding carboxylic acids is 1. The molecular weight excluding hydrogens is 326 g/mol. The lowest BCUT2D eigenvalue weighted by molar-refractivity contribution is -0.119. The highest BCUT2D eigenvalue weighted by molar-refractivity contribution is 6.31. The molecule has 0 bridgehead atoms. The molecule has 124 valence electrons. The quantitative estimate of drug-likeness (QED) is 0.773. The smallest absolute Gasteiger partial charge is 0.250 e. The molecule has 3 aromatic rings. The molecule has 0 aliphatic heterocycles. The lowest BCUT2D eigenvalue weighted by Crippen LogP contribution is -2.24. The van der Waals surface area contributed by atoms with Crippen LogP contribution in [-0.4, -0.2) is 25.5 Å². The second-order valence-corrected chi connectivity index (χ2v) is 6.00. The molecule has 1 atom stereocenters. The highest BCUT2D eigenvalue weighted by atomic mass is 35.5. The topological polar surface area (TPSA) is 64.7 Å². The number of amides is 1.